The van der Waals surface area contributed by atoms with E-state index in [0.717, 1.165) is 57.8 Å². The van der Waals surface area contributed by atoms with E-state index in [-0.39, 0.29) is 12.8 Å². The Hall–Kier alpha value is -1.67. The van der Waals surface area contributed by atoms with E-state index >= 15 is 0 Å². The molecule has 1 amide bonds. The topological polar surface area (TPSA) is 189 Å². The van der Waals surface area contributed by atoms with Crippen molar-refractivity contribution in [1.82, 2.24) is 5.32 Å². The average Bonchev–Trinajstić information content (AvgIpc) is 3.22. The Balaban J connectivity index is 2.37. The normalized spacial score (nSPS) is 22.3. The van der Waals surface area contributed by atoms with E-state index in [4.69, 9.17) is 9.47 Å². The highest BCUT2D eigenvalue weighted by molar-refractivity contribution is 5.80. The molecule has 11 nitrogen and oxygen atoms in total. The zero-order valence-corrected chi connectivity index (χ0v) is 36.5. The van der Waals surface area contributed by atoms with Gasteiger partial charge in [0.2, 0.25) is 5.91 Å². The smallest absolute Gasteiger partial charge is 0.249 e. The Morgan fingerprint density at radius 3 is 1.62 bits per heavy atom. The molecule has 340 valence electrons. The first-order valence-corrected chi connectivity index (χ1v) is 23.4. The molecule has 0 aromatic heterocycles. The van der Waals surface area contributed by atoms with Crippen molar-refractivity contribution in [3.8, 4) is 0 Å². The highest BCUT2D eigenvalue weighted by atomic mass is 16.7. The molecule has 9 unspecified atom stereocenters. The third kappa shape index (κ3) is 26.5. The number of aliphatic hydroxyl groups excluding tert-OH is 7. The molecule has 0 aromatic carbocycles. The Labute approximate surface area is 352 Å². The van der Waals surface area contributed by atoms with E-state index in [0.29, 0.717) is 19.3 Å². The first-order valence-electron chi connectivity index (χ1n) is 23.4. The van der Waals surface area contributed by atoms with Crippen molar-refractivity contribution in [3.63, 3.8) is 0 Å². The maximum absolute atomic E-state index is 13.0. The van der Waals surface area contributed by atoms with Crippen LogP contribution in [0.2, 0.25) is 0 Å². The molecule has 9 atom stereocenters. The monoisotopic (exact) mass is 826 g/mol. The van der Waals surface area contributed by atoms with Gasteiger partial charge in [0.15, 0.2) is 6.29 Å². The van der Waals surface area contributed by atoms with Crippen LogP contribution in [0.25, 0.3) is 0 Å². The molecule has 0 aromatic rings. The van der Waals surface area contributed by atoms with Crippen LogP contribution in [0.3, 0.4) is 0 Å². The van der Waals surface area contributed by atoms with E-state index in [9.17, 15) is 40.5 Å². The van der Waals surface area contributed by atoms with Gasteiger partial charge in [-0.3, -0.25) is 4.79 Å². The maximum Gasteiger partial charge on any atom is 0.249 e. The Bertz CT molecular complexity index is 1040. The summed E-state index contributed by atoms with van der Waals surface area (Å²) in [7, 11) is 0. The summed E-state index contributed by atoms with van der Waals surface area (Å²) < 4.78 is 11.0. The number of carbonyl (C=O) groups is 1. The molecule has 58 heavy (non-hydrogen) atoms. The number of allylic oxidation sites excluding steroid dienone is 6. The number of aliphatic hydroxyl groups is 7. The molecule has 11 heteroatoms. The summed E-state index contributed by atoms with van der Waals surface area (Å²) in [5.41, 5.74) is 0. The van der Waals surface area contributed by atoms with E-state index < -0.39 is 74.2 Å². The van der Waals surface area contributed by atoms with Crippen molar-refractivity contribution in [2.45, 2.75) is 242 Å². The Kier molecular flexibility index (Phi) is 34.8. The van der Waals surface area contributed by atoms with E-state index in [1.54, 1.807) is 0 Å². The number of rotatable bonds is 38. The number of carbonyl (C=O) groups excluding carboxylic acids is 1. The van der Waals surface area contributed by atoms with Gasteiger partial charge in [-0.15, -0.1) is 0 Å². The summed E-state index contributed by atoms with van der Waals surface area (Å²) in [5.74, 6) is -0.719. The molecule has 0 saturated carbocycles. The van der Waals surface area contributed by atoms with Crippen LogP contribution in [-0.2, 0) is 14.3 Å². The summed E-state index contributed by atoms with van der Waals surface area (Å²) in [5, 5.41) is 75.4. The van der Waals surface area contributed by atoms with Crippen molar-refractivity contribution >= 4 is 5.91 Å². The summed E-state index contributed by atoms with van der Waals surface area (Å²) in [6.07, 6.45) is 30.9. The molecule has 1 aliphatic heterocycles. The van der Waals surface area contributed by atoms with Crippen molar-refractivity contribution < 1.29 is 50.0 Å². The minimum Gasteiger partial charge on any atom is -0.394 e. The summed E-state index contributed by atoms with van der Waals surface area (Å²) in [6, 6.07) is -1.19. The first-order chi connectivity index (χ1) is 28.2. The van der Waals surface area contributed by atoms with Gasteiger partial charge in [-0.05, 0) is 70.6 Å². The van der Waals surface area contributed by atoms with Gasteiger partial charge in [-0.25, -0.2) is 0 Å². The predicted octanol–water partition coefficient (Wildman–Crippen LogP) is 7.61. The minimum atomic E-state index is -1.67. The second-order valence-electron chi connectivity index (χ2n) is 16.4. The second-order valence-corrected chi connectivity index (χ2v) is 16.4. The van der Waals surface area contributed by atoms with Crippen LogP contribution in [-0.4, -0.2) is 110 Å². The van der Waals surface area contributed by atoms with Crippen LogP contribution in [0.4, 0.5) is 0 Å². The summed E-state index contributed by atoms with van der Waals surface area (Å²) >= 11 is 0. The molecular formula is C47H87NO10. The molecule has 1 rings (SSSR count). The van der Waals surface area contributed by atoms with Crippen LogP contribution in [0.1, 0.15) is 187 Å². The lowest BCUT2D eigenvalue weighted by atomic mass is 9.98. The van der Waals surface area contributed by atoms with Gasteiger partial charge in [0, 0.05) is 0 Å². The first kappa shape index (κ1) is 54.3. The van der Waals surface area contributed by atoms with Gasteiger partial charge in [0.25, 0.3) is 0 Å². The highest BCUT2D eigenvalue weighted by Gasteiger charge is 2.44. The zero-order valence-electron chi connectivity index (χ0n) is 36.5. The van der Waals surface area contributed by atoms with Crippen LogP contribution in [0.15, 0.2) is 36.5 Å². The fourth-order valence-corrected chi connectivity index (χ4v) is 7.28. The van der Waals surface area contributed by atoms with Gasteiger partial charge >= 0.3 is 0 Å². The predicted molar refractivity (Wildman–Crippen MR) is 233 cm³/mol. The lowest BCUT2D eigenvalue weighted by molar-refractivity contribution is -0.303. The van der Waals surface area contributed by atoms with E-state index in [2.05, 4.69) is 49.5 Å². The quantitative estimate of drug-likeness (QED) is 0.0227. The fraction of sp³-hybridized carbons (Fsp3) is 0.851. The van der Waals surface area contributed by atoms with E-state index in [1.807, 2.05) is 6.08 Å². The van der Waals surface area contributed by atoms with Crippen molar-refractivity contribution in [2.24, 2.45) is 0 Å². The van der Waals surface area contributed by atoms with Crippen LogP contribution in [0.5, 0.6) is 0 Å². The van der Waals surface area contributed by atoms with Crippen LogP contribution >= 0.6 is 0 Å². The summed E-state index contributed by atoms with van der Waals surface area (Å²) in [6.45, 7) is 3.28. The molecule has 1 fully saturated rings. The fourth-order valence-electron chi connectivity index (χ4n) is 7.28. The van der Waals surface area contributed by atoms with Gasteiger partial charge in [0.05, 0.1) is 25.4 Å². The Morgan fingerprint density at radius 2 is 1.09 bits per heavy atom. The molecule has 0 radical (unpaired) electrons. The molecule has 0 spiro atoms. The molecule has 8 N–H and O–H groups in total. The minimum absolute atomic E-state index is 0.242. The number of ether oxygens (including phenoxy) is 2. The van der Waals surface area contributed by atoms with Crippen molar-refractivity contribution in [1.29, 1.82) is 0 Å². The zero-order chi connectivity index (χ0) is 42.6. The second kappa shape index (κ2) is 37.1. The number of nitrogens with one attached hydrogen (secondary N) is 1. The third-order valence-electron chi connectivity index (χ3n) is 11.2. The lowest BCUT2D eigenvalue weighted by Crippen LogP contribution is -2.60. The molecule has 1 saturated heterocycles. The van der Waals surface area contributed by atoms with Gasteiger partial charge in [0.1, 0.15) is 36.6 Å². The lowest BCUT2D eigenvalue weighted by Gasteiger charge is -2.40. The standard InChI is InChI=1S/C47H87NO10/c1-3-5-7-9-11-13-14-15-16-17-18-19-20-21-22-23-24-25-27-29-31-33-35-40(51)46(56)48-38(37-57-47-45(55)44(54)43(53)41(36-49)58-47)42(52)39(50)34-32-30-28-26-12-10-8-6-4-2/h6,8,21-22,26,28,38-45,47,49-55H,3-5,7,9-20,23-25,27,29-37H2,1-2H3,(H,48,56)/b8-6+,22-21-,28-26+. The maximum atomic E-state index is 13.0. The number of unbranched alkanes of at least 4 members (excludes halogenated alkanes) is 20. The van der Waals surface area contributed by atoms with Crippen molar-refractivity contribution in [3.05, 3.63) is 36.5 Å². The van der Waals surface area contributed by atoms with Crippen molar-refractivity contribution in [2.75, 3.05) is 13.2 Å². The molecular weight excluding hydrogens is 739 g/mol. The van der Waals surface area contributed by atoms with E-state index in [1.165, 1.54) is 83.5 Å². The largest absolute Gasteiger partial charge is 0.394 e. The molecule has 0 aliphatic carbocycles. The van der Waals surface area contributed by atoms with Gasteiger partial charge in [-0.2, -0.15) is 0 Å². The highest BCUT2D eigenvalue weighted by Crippen LogP contribution is 2.23. The SMILES string of the molecule is CC/C=C/CC/C=C/CCCC(O)C(O)C(COC1OC(CO)C(O)C(O)C1O)NC(=O)C(O)CCCCCCCC/C=C\CCCCCCCCCCCCCC. The average molecular weight is 826 g/mol. The van der Waals surface area contributed by atoms with Gasteiger partial charge in [-0.1, -0.05) is 153 Å². The van der Waals surface area contributed by atoms with Crippen LogP contribution < -0.4 is 5.32 Å². The molecule has 1 heterocycles. The summed E-state index contributed by atoms with van der Waals surface area (Å²) in [4.78, 5) is 13.0. The number of amides is 1. The number of hydrogen-bond donors (Lipinski definition) is 8. The third-order valence-corrected chi connectivity index (χ3v) is 11.2. The molecule has 1 aliphatic rings. The molecule has 0 bridgehead atoms. The number of hydrogen-bond acceptors (Lipinski definition) is 10. The Morgan fingerprint density at radius 1 is 0.603 bits per heavy atom. The van der Waals surface area contributed by atoms with Gasteiger partial charge < -0.3 is 50.5 Å². The van der Waals surface area contributed by atoms with Crippen LogP contribution in [0, 0.1) is 0 Å².